The van der Waals surface area contributed by atoms with E-state index in [-0.39, 0.29) is 11.2 Å². The molecule has 1 N–H and O–H groups in total. The van der Waals surface area contributed by atoms with Crippen molar-refractivity contribution in [3.05, 3.63) is 83.9 Å². The van der Waals surface area contributed by atoms with Crippen LogP contribution in [0.15, 0.2) is 72.8 Å². The summed E-state index contributed by atoms with van der Waals surface area (Å²) in [5.41, 5.74) is 5.27. The van der Waals surface area contributed by atoms with Crippen LogP contribution in [0.2, 0.25) is 0 Å². The Labute approximate surface area is 169 Å². The highest BCUT2D eigenvalue weighted by Crippen LogP contribution is 2.28. The molecule has 0 heterocycles. The Balaban J connectivity index is 1.66. The van der Waals surface area contributed by atoms with Gasteiger partial charge in [-0.25, -0.2) is 0 Å². The average Bonchev–Trinajstić information content (AvgIpc) is 2.66. The Morgan fingerprint density at radius 3 is 2.03 bits per heavy atom. The molecule has 0 aliphatic rings. The number of nitrogens with one attached hydrogen (secondary N) is 1. The minimum Gasteiger partial charge on any atom is -0.406 e. The van der Waals surface area contributed by atoms with Gasteiger partial charge >= 0.3 is 6.36 Å². The molecule has 3 rings (SSSR count). The van der Waals surface area contributed by atoms with Gasteiger partial charge in [0.05, 0.1) is 0 Å². The topological polar surface area (TPSA) is 21.3 Å². The maximum atomic E-state index is 12.3. The van der Waals surface area contributed by atoms with Crippen LogP contribution < -0.4 is 10.1 Å². The van der Waals surface area contributed by atoms with E-state index >= 15 is 0 Å². The first-order valence-corrected chi connectivity index (χ1v) is 9.40. The van der Waals surface area contributed by atoms with E-state index < -0.39 is 6.36 Å². The number of hydrogen-bond acceptors (Lipinski definition) is 2. The van der Waals surface area contributed by atoms with Crippen molar-refractivity contribution in [1.29, 1.82) is 0 Å². The standard InChI is InChI=1S/C24H24F3NO/c1-23(2,3)20-11-7-17(8-12-20)16-28-21-6-4-5-19(15-21)18-9-13-22(14-10-18)29-24(25,26)27/h4-15,28H,16H2,1-3H3. The van der Waals surface area contributed by atoms with Gasteiger partial charge in [-0.1, -0.05) is 69.3 Å². The van der Waals surface area contributed by atoms with Crippen molar-refractivity contribution in [1.82, 2.24) is 0 Å². The minimum absolute atomic E-state index is 0.126. The molecule has 5 heteroatoms. The van der Waals surface area contributed by atoms with Crippen molar-refractivity contribution < 1.29 is 17.9 Å². The summed E-state index contributed by atoms with van der Waals surface area (Å²) in [6.45, 7) is 7.25. The zero-order valence-electron chi connectivity index (χ0n) is 16.7. The van der Waals surface area contributed by atoms with Crippen LogP contribution in [0.25, 0.3) is 11.1 Å². The van der Waals surface area contributed by atoms with Crippen molar-refractivity contribution in [2.75, 3.05) is 5.32 Å². The van der Waals surface area contributed by atoms with Crippen molar-refractivity contribution >= 4 is 5.69 Å². The minimum atomic E-state index is -4.68. The van der Waals surface area contributed by atoms with Crippen molar-refractivity contribution in [2.45, 2.75) is 39.1 Å². The van der Waals surface area contributed by atoms with E-state index in [1.807, 2.05) is 24.3 Å². The van der Waals surface area contributed by atoms with Crippen molar-refractivity contribution in [3.63, 3.8) is 0 Å². The maximum absolute atomic E-state index is 12.3. The van der Waals surface area contributed by atoms with Gasteiger partial charge in [-0.05, 0) is 51.9 Å². The molecule has 0 bridgehead atoms. The van der Waals surface area contributed by atoms with Crippen LogP contribution in [0.3, 0.4) is 0 Å². The second-order valence-electron chi connectivity index (χ2n) is 7.95. The molecule has 0 aromatic heterocycles. The molecule has 2 nitrogen and oxygen atoms in total. The monoisotopic (exact) mass is 399 g/mol. The van der Waals surface area contributed by atoms with Gasteiger partial charge in [0.1, 0.15) is 5.75 Å². The van der Waals surface area contributed by atoms with E-state index in [4.69, 9.17) is 0 Å². The van der Waals surface area contributed by atoms with E-state index in [0.717, 1.165) is 16.8 Å². The normalized spacial score (nSPS) is 11.9. The van der Waals surface area contributed by atoms with Crippen LogP contribution in [0, 0.1) is 0 Å². The fraction of sp³-hybridized carbons (Fsp3) is 0.250. The van der Waals surface area contributed by atoms with E-state index in [1.165, 1.54) is 23.3 Å². The predicted octanol–water partition coefficient (Wildman–Crippen LogP) is 7.16. The van der Waals surface area contributed by atoms with Crippen LogP contribution in [0.4, 0.5) is 18.9 Å². The van der Waals surface area contributed by atoms with Crippen LogP contribution in [0.5, 0.6) is 5.75 Å². The number of ether oxygens (including phenoxy) is 1. The Bertz CT molecular complexity index is 940. The molecule has 0 spiro atoms. The summed E-state index contributed by atoms with van der Waals surface area (Å²) in [5.74, 6) is -0.228. The summed E-state index contributed by atoms with van der Waals surface area (Å²) < 4.78 is 40.8. The van der Waals surface area contributed by atoms with Gasteiger partial charge in [0, 0.05) is 12.2 Å². The molecular formula is C24H24F3NO. The number of rotatable bonds is 5. The highest BCUT2D eigenvalue weighted by molar-refractivity contribution is 5.68. The molecule has 0 amide bonds. The summed E-state index contributed by atoms with van der Waals surface area (Å²) >= 11 is 0. The molecule has 0 fully saturated rings. The van der Waals surface area contributed by atoms with Gasteiger partial charge < -0.3 is 10.1 Å². The van der Waals surface area contributed by atoms with Crippen molar-refractivity contribution in [3.8, 4) is 16.9 Å². The zero-order chi connectivity index (χ0) is 21.1. The van der Waals surface area contributed by atoms with Crippen LogP contribution in [-0.2, 0) is 12.0 Å². The first-order chi connectivity index (χ1) is 13.6. The average molecular weight is 399 g/mol. The molecule has 0 aliphatic heterocycles. The highest BCUT2D eigenvalue weighted by Gasteiger charge is 2.30. The molecular weight excluding hydrogens is 375 g/mol. The van der Waals surface area contributed by atoms with Gasteiger partial charge in [-0.15, -0.1) is 13.2 Å². The molecule has 3 aromatic rings. The lowest BCUT2D eigenvalue weighted by atomic mass is 9.87. The molecule has 3 aromatic carbocycles. The van der Waals surface area contributed by atoms with Crippen LogP contribution >= 0.6 is 0 Å². The first-order valence-electron chi connectivity index (χ1n) is 9.40. The number of benzene rings is 3. The van der Waals surface area contributed by atoms with Gasteiger partial charge in [0.15, 0.2) is 0 Å². The summed E-state index contributed by atoms with van der Waals surface area (Å²) in [4.78, 5) is 0. The summed E-state index contributed by atoms with van der Waals surface area (Å²) in [7, 11) is 0. The summed E-state index contributed by atoms with van der Waals surface area (Å²) in [5, 5.41) is 3.40. The predicted molar refractivity (Wildman–Crippen MR) is 111 cm³/mol. The molecule has 0 saturated heterocycles. The van der Waals surface area contributed by atoms with Gasteiger partial charge in [0.25, 0.3) is 0 Å². The first kappa shape index (κ1) is 20.8. The Morgan fingerprint density at radius 2 is 1.45 bits per heavy atom. The third-order valence-corrected chi connectivity index (χ3v) is 4.60. The lowest BCUT2D eigenvalue weighted by Crippen LogP contribution is -2.16. The Kier molecular flexibility index (Phi) is 5.87. The lowest BCUT2D eigenvalue weighted by molar-refractivity contribution is -0.274. The molecule has 29 heavy (non-hydrogen) atoms. The Morgan fingerprint density at radius 1 is 0.793 bits per heavy atom. The largest absolute Gasteiger partial charge is 0.573 e. The number of halogens is 3. The SMILES string of the molecule is CC(C)(C)c1ccc(CNc2cccc(-c3ccc(OC(F)(F)F)cc3)c2)cc1. The second-order valence-corrected chi connectivity index (χ2v) is 7.95. The van der Waals surface area contributed by atoms with E-state index in [1.54, 1.807) is 12.1 Å². The molecule has 0 saturated carbocycles. The fourth-order valence-corrected chi connectivity index (χ4v) is 2.98. The number of alkyl halides is 3. The number of hydrogen-bond donors (Lipinski definition) is 1. The van der Waals surface area contributed by atoms with Crippen LogP contribution in [-0.4, -0.2) is 6.36 Å². The summed E-state index contributed by atoms with van der Waals surface area (Å²) in [6.07, 6.45) is -4.68. The van der Waals surface area contributed by atoms with E-state index in [9.17, 15) is 13.2 Å². The van der Waals surface area contributed by atoms with E-state index in [2.05, 4.69) is 55.1 Å². The Hall–Kier alpha value is -2.95. The van der Waals surface area contributed by atoms with E-state index in [0.29, 0.717) is 6.54 Å². The zero-order valence-corrected chi connectivity index (χ0v) is 16.7. The molecule has 0 radical (unpaired) electrons. The lowest BCUT2D eigenvalue weighted by Gasteiger charge is -2.19. The van der Waals surface area contributed by atoms with Gasteiger partial charge in [0.2, 0.25) is 0 Å². The van der Waals surface area contributed by atoms with Crippen molar-refractivity contribution in [2.24, 2.45) is 0 Å². The third kappa shape index (κ3) is 6.01. The third-order valence-electron chi connectivity index (χ3n) is 4.60. The molecule has 0 unspecified atom stereocenters. The smallest absolute Gasteiger partial charge is 0.406 e. The summed E-state index contributed by atoms with van der Waals surface area (Å²) in [6, 6.07) is 22.2. The molecule has 152 valence electrons. The van der Waals surface area contributed by atoms with Gasteiger partial charge in [-0.2, -0.15) is 0 Å². The van der Waals surface area contributed by atoms with Crippen LogP contribution in [0.1, 0.15) is 31.9 Å². The second kappa shape index (κ2) is 8.19. The maximum Gasteiger partial charge on any atom is 0.573 e. The van der Waals surface area contributed by atoms with Gasteiger partial charge in [-0.3, -0.25) is 0 Å². The molecule has 0 aliphatic carbocycles. The number of anilines is 1. The molecule has 0 atom stereocenters. The highest BCUT2D eigenvalue weighted by atomic mass is 19.4. The quantitative estimate of drug-likeness (QED) is 0.491. The fourth-order valence-electron chi connectivity index (χ4n) is 2.98.